The Labute approximate surface area is 543 Å². The molecule has 8 heterocycles. The van der Waals surface area contributed by atoms with Crippen molar-refractivity contribution in [2.45, 2.75) is 278 Å². The number of nitrogens with two attached hydrogens (primary N) is 12. The molecule has 95 heavy (non-hydrogen) atoms. The number of nitrogens with zero attached hydrogens (tertiary/aromatic N) is 6. The van der Waals surface area contributed by atoms with Gasteiger partial charge in [0.05, 0.1) is 60.9 Å². The van der Waals surface area contributed by atoms with E-state index in [1.54, 1.807) is 12.4 Å². The summed E-state index contributed by atoms with van der Waals surface area (Å²) < 4.78 is 76.4. The maximum absolute atomic E-state index is 12.0. The highest BCUT2D eigenvalue weighted by molar-refractivity contribution is 5.06. The number of ether oxygens (including phenoxy) is 12. The zero-order chi connectivity index (χ0) is 68.8. The first kappa shape index (κ1) is 74.5. The van der Waals surface area contributed by atoms with Crippen LogP contribution in [0.25, 0.3) is 0 Å². The number of aryl methyl sites for hydroxylation is 2. The first-order valence-corrected chi connectivity index (χ1v) is 31.8. The molecule has 36 N–H and O–H groups in total. The third kappa shape index (κ3) is 15.8. The molecule has 0 bridgehead atoms. The Balaban J connectivity index is 0.812. The second-order valence-corrected chi connectivity index (χ2v) is 25.8. The van der Waals surface area contributed by atoms with E-state index >= 15 is 0 Å². The van der Waals surface area contributed by atoms with Crippen molar-refractivity contribution in [2.75, 3.05) is 26.2 Å². The summed E-state index contributed by atoms with van der Waals surface area (Å²) in [6.07, 6.45) is -38.3. The molecule has 0 spiro atoms. The molecule has 6 aliphatic heterocycles. The number of rotatable bonds is 24. The molecule has 42 heteroatoms. The van der Waals surface area contributed by atoms with Gasteiger partial charge in [-0.3, -0.25) is 0 Å². The van der Waals surface area contributed by atoms with Crippen molar-refractivity contribution < 1.29 is 118 Å². The van der Waals surface area contributed by atoms with Gasteiger partial charge in [0.2, 0.25) is 0 Å². The molecule has 10 rings (SSSR count). The molecule has 0 radical (unpaired) electrons. The van der Waals surface area contributed by atoms with Crippen LogP contribution in [-0.4, -0.2) is 350 Å². The molecule has 38 atom stereocenters. The Morgan fingerprint density at radius 2 is 0.611 bits per heavy atom. The van der Waals surface area contributed by atoms with Crippen molar-refractivity contribution in [3.05, 3.63) is 23.8 Å². The third-order valence-electron chi connectivity index (χ3n) is 19.2. The van der Waals surface area contributed by atoms with Gasteiger partial charge in [-0.2, -0.15) is 0 Å². The average molecular weight is 1370 g/mol. The lowest BCUT2D eigenvalue weighted by molar-refractivity contribution is -0.306. The van der Waals surface area contributed by atoms with Gasteiger partial charge in [0, 0.05) is 62.7 Å². The standard InChI is InChI=1S/C53H98N18O24/c54-6-20-32(74)36(78)26(62)48(84-20)90-42-18(60)4-16(58)30(72)46(42)94-52-40(82)44(92-50-28(64)38(80)34(76)22(8-56)86-50)24(88-52)12-70-10-14(66-68-70)2-1-3-15-11-71(69-67-15)13-25-45(93-51-29(65)39(81)35(77)23(9-57)87-51)41(83)53(89-25)95-47-31(73)17(59)5-19(61)43(47)91-49-27(63)37(79)33(75)21(7-55)85-49/h10-11,16-53,72-83H,1-9,12-13,54-65H2/t16-,17-,18?,19?,20?,21?,22+,23+,24-,25-,26?,27?,28?,29?,30?,31?,32?,33?,34?,35?,36-,37-,38?,39?,40+,41+,42?,43?,44?,45?,46-,47-,48+,49+,50-,51-,52+,53+/m1/s1. The minimum atomic E-state index is -1.72. The molecule has 20 unspecified atom stereocenters. The van der Waals surface area contributed by atoms with E-state index in [1.807, 2.05) is 0 Å². The highest BCUT2D eigenvalue weighted by atomic mass is 16.8. The Kier molecular flexibility index (Phi) is 24.9. The molecule has 6 saturated heterocycles. The van der Waals surface area contributed by atoms with Gasteiger partial charge in [-0.25, -0.2) is 9.36 Å². The van der Waals surface area contributed by atoms with E-state index in [-0.39, 0.29) is 52.1 Å². The van der Waals surface area contributed by atoms with Crippen LogP contribution in [0.3, 0.4) is 0 Å². The van der Waals surface area contributed by atoms with Crippen molar-refractivity contribution in [1.82, 2.24) is 30.0 Å². The molecule has 2 saturated carbocycles. The molecule has 42 nitrogen and oxygen atoms in total. The second-order valence-electron chi connectivity index (χ2n) is 25.8. The molecule has 544 valence electrons. The van der Waals surface area contributed by atoms with Crippen molar-refractivity contribution in [3.63, 3.8) is 0 Å². The number of hydrogen-bond donors (Lipinski definition) is 24. The molecule has 0 amide bonds. The van der Waals surface area contributed by atoms with Crippen molar-refractivity contribution in [3.8, 4) is 0 Å². The minimum absolute atomic E-state index is 0.0133. The highest BCUT2D eigenvalue weighted by Gasteiger charge is 2.58. The Hall–Kier alpha value is -3.16. The van der Waals surface area contributed by atoms with E-state index in [1.165, 1.54) is 9.36 Å². The van der Waals surface area contributed by atoms with Gasteiger partial charge in [-0.15, -0.1) is 10.2 Å². The third-order valence-corrected chi connectivity index (χ3v) is 19.2. The van der Waals surface area contributed by atoms with E-state index in [2.05, 4.69) is 20.6 Å². The van der Waals surface area contributed by atoms with Crippen molar-refractivity contribution in [2.24, 2.45) is 68.8 Å². The van der Waals surface area contributed by atoms with Crippen LogP contribution >= 0.6 is 0 Å². The van der Waals surface area contributed by atoms with Crippen LogP contribution in [0.2, 0.25) is 0 Å². The zero-order valence-corrected chi connectivity index (χ0v) is 51.7. The quantitative estimate of drug-likeness (QED) is 0.0464. The summed E-state index contributed by atoms with van der Waals surface area (Å²) in [6, 6.07) is -9.20. The molecular formula is C53H98N18O24. The summed E-state index contributed by atoms with van der Waals surface area (Å²) in [5.74, 6) is 0. The average Bonchev–Trinajstić information content (AvgIpc) is 1.72. The summed E-state index contributed by atoms with van der Waals surface area (Å²) in [6.45, 7) is -1.28. The Morgan fingerprint density at radius 1 is 0.337 bits per heavy atom. The maximum atomic E-state index is 12.0. The lowest BCUT2D eigenvalue weighted by Gasteiger charge is -2.47. The van der Waals surface area contributed by atoms with E-state index < -0.39 is 233 Å². The van der Waals surface area contributed by atoms with Crippen LogP contribution in [-0.2, 0) is 82.8 Å². The molecule has 2 aromatic rings. The van der Waals surface area contributed by atoms with Crippen LogP contribution in [0.5, 0.6) is 0 Å². The number of aliphatic hydroxyl groups is 12. The fourth-order valence-corrected chi connectivity index (χ4v) is 13.4. The monoisotopic (exact) mass is 1370 g/mol. The van der Waals surface area contributed by atoms with Gasteiger partial charge in [-0.05, 0) is 32.1 Å². The predicted molar refractivity (Wildman–Crippen MR) is 315 cm³/mol. The maximum Gasteiger partial charge on any atom is 0.187 e. The van der Waals surface area contributed by atoms with Gasteiger partial charge in [0.1, 0.15) is 134 Å². The van der Waals surface area contributed by atoms with E-state index in [9.17, 15) is 61.3 Å². The van der Waals surface area contributed by atoms with Gasteiger partial charge < -0.3 is 187 Å². The van der Waals surface area contributed by atoms with Gasteiger partial charge >= 0.3 is 0 Å². The fraction of sp³-hybridized carbons (Fsp3) is 0.925. The van der Waals surface area contributed by atoms with Gasteiger partial charge in [0.15, 0.2) is 37.7 Å². The van der Waals surface area contributed by atoms with Crippen molar-refractivity contribution in [1.29, 1.82) is 0 Å². The molecular weight excluding hydrogens is 1270 g/mol. The number of aromatic nitrogens is 6. The van der Waals surface area contributed by atoms with Crippen molar-refractivity contribution >= 4 is 0 Å². The summed E-state index contributed by atoms with van der Waals surface area (Å²) in [5, 5.41) is 150. The lowest BCUT2D eigenvalue weighted by Crippen LogP contribution is -2.68. The predicted octanol–water partition coefficient (Wildman–Crippen LogP) is -16.7. The Bertz CT molecular complexity index is 2540. The Morgan fingerprint density at radius 3 is 0.905 bits per heavy atom. The normalized spacial score (nSPS) is 49.1. The molecule has 2 aliphatic carbocycles. The van der Waals surface area contributed by atoms with Crippen LogP contribution in [0.15, 0.2) is 12.4 Å². The van der Waals surface area contributed by atoms with Gasteiger partial charge in [-0.1, -0.05) is 10.4 Å². The van der Waals surface area contributed by atoms with Crippen LogP contribution in [0.4, 0.5) is 0 Å². The molecule has 8 fully saturated rings. The highest BCUT2D eigenvalue weighted by Crippen LogP contribution is 2.38. The largest absolute Gasteiger partial charge is 0.389 e. The lowest BCUT2D eigenvalue weighted by atomic mass is 9.84. The SMILES string of the molecule is NCC1O[C@@H](OC2C(N)C[C@@H](N)C(O)[C@H]2O[C@@H]2O[C@H](Cn3cc(CCCc4cn(C[C@H]5O[C@@H](O[C@H]6C(O[C@@H]7OC(CN)C(O)[C@H](O)C7N)C(N)C[C@@H](N)C6O)[C@@H](O)C5O[C@H]5O[C@@H](CN)C(O)C(O)C5N)nn4)nn3)C(O[C@H]3O[C@@H](CN)C(O)C(O)C3N)[C@@H]2O)C(N)[C@@H](O)C1O. The first-order valence-electron chi connectivity index (χ1n) is 31.8. The first-order chi connectivity index (χ1) is 45.2. The zero-order valence-electron chi connectivity index (χ0n) is 51.7. The summed E-state index contributed by atoms with van der Waals surface area (Å²) in [5.41, 5.74) is 75.1. The fourth-order valence-electron chi connectivity index (χ4n) is 13.4. The topological polar surface area (TPSA) is 727 Å². The number of aliphatic hydroxyl groups excluding tert-OH is 12. The molecule has 2 aromatic heterocycles. The van der Waals surface area contributed by atoms with Gasteiger partial charge in [0.25, 0.3) is 0 Å². The van der Waals surface area contributed by atoms with Crippen LogP contribution in [0.1, 0.15) is 30.7 Å². The summed E-state index contributed by atoms with van der Waals surface area (Å²) in [7, 11) is 0. The summed E-state index contributed by atoms with van der Waals surface area (Å²) in [4.78, 5) is 0. The van der Waals surface area contributed by atoms with E-state index in [0.29, 0.717) is 30.7 Å². The van der Waals surface area contributed by atoms with Crippen LogP contribution < -0.4 is 68.8 Å². The smallest absolute Gasteiger partial charge is 0.187 e. The molecule has 0 aromatic carbocycles. The van der Waals surface area contributed by atoms with E-state index in [0.717, 1.165) is 0 Å². The molecule has 8 aliphatic rings. The van der Waals surface area contributed by atoms with Crippen LogP contribution in [0, 0.1) is 0 Å². The minimum Gasteiger partial charge on any atom is -0.389 e. The summed E-state index contributed by atoms with van der Waals surface area (Å²) >= 11 is 0. The van der Waals surface area contributed by atoms with E-state index in [4.69, 9.17) is 126 Å². The second kappa shape index (κ2) is 31.8. The number of hydrogen-bond acceptors (Lipinski definition) is 40.